The Morgan fingerprint density at radius 2 is 1.58 bits per heavy atom. The highest BCUT2D eigenvalue weighted by atomic mass is 16.4. The molecule has 4 fully saturated rings. The molecule has 0 spiro atoms. The van der Waals surface area contributed by atoms with E-state index in [9.17, 15) is 0 Å². The Kier molecular flexibility index (Phi) is 12.7. The summed E-state index contributed by atoms with van der Waals surface area (Å²) < 4.78 is 6.00. The van der Waals surface area contributed by atoms with E-state index in [0.29, 0.717) is 16.7 Å². The van der Waals surface area contributed by atoms with Gasteiger partial charge in [0.1, 0.15) is 5.76 Å². The number of hydrogen-bond acceptors (Lipinski definition) is 2. The molecule has 4 aliphatic rings. The largest absolute Gasteiger partial charge is 0.441 e. The van der Waals surface area contributed by atoms with E-state index in [-0.39, 0.29) is 0 Å². The molecule has 2 heteroatoms. The van der Waals surface area contributed by atoms with Gasteiger partial charge in [-0.2, -0.15) is 0 Å². The van der Waals surface area contributed by atoms with Crippen LogP contribution in [0.1, 0.15) is 152 Å². The second kappa shape index (κ2) is 14.5. The van der Waals surface area contributed by atoms with Gasteiger partial charge in [-0.05, 0) is 123 Å². The van der Waals surface area contributed by atoms with Crippen molar-refractivity contribution in [1.82, 2.24) is 4.98 Å². The van der Waals surface area contributed by atoms with Crippen LogP contribution in [0.5, 0.6) is 0 Å². The first-order valence-corrected chi connectivity index (χ1v) is 16.7. The molecule has 0 saturated heterocycles. The van der Waals surface area contributed by atoms with Crippen molar-refractivity contribution in [2.75, 3.05) is 0 Å². The quantitative estimate of drug-likeness (QED) is 0.389. The Morgan fingerprint density at radius 3 is 2.18 bits per heavy atom. The van der Waals surface area contributed by atoms with Crippen molar-refractivity contribution in [3.8, 4) is 0 Å². The molecule has 38 heavy (non-hydrogen) atoms. The first-order valence-electron chi connectivity index (χ1n) is 16.7. The zero-order chi connectivity index (χ0) is 28.7. The van der Waals surface area contributed by atoms with Gasteiger partial charge in [-0.3, -0.25) is 0 Å². The molecule has 1 aromatic rings. The van der Waals surface area contributed by atoms with Crippen molar-refractivity contribution >= 4 is 5.57 Å². The predicted molar refractivity (Wildman–Crippen MR) is 167 cm³/mol. The predicted octanol–water partition coefficient (Wildman–Crippen LogP) is 11.6. The van der Waals surface area contributed by atoms with Crippen LogP contribution in [-0.2, 0) is 6.42 Å². The summed E-state index contributed by atoms with van der Waals surface area (Å²) in [6.07, 6.45) is 17.4. The third kappa shape index (κ3) is 7.17. The van der Waals surface area contributed by atoms with Crippen LogP contribution < -0.4 is 0 Å². The second-order valence-electron chi connectivity index (χ2n) is 13.9. The molecule has 0 aliphatic heterocycles. The summed E-state index contributed by atoms with van der Waals surface area (Å²) in [5.74, 6) is 8.31. The topological polar surface area (TPSA) is 26.0 Å². The Hall–Kier alpha value is -1.05. The van der Waals surface area contributed by atoms with Gasteiger partial charge >= 0.3 is 0 Å². The van der Waals surface area contributed by atoms with E-state index >= 15 is 0 Å². The number of fused-ring (bicyclic) bond motifs is 5. The minimum atomic E-state index is 0.533. The number of oxazole rings is 1. The van der Waals surface area contributed by atoms with Crippen LogP contribution in [0.15, 0.2) is 17.2 Å². The molecule has 0 aromatic carbocycles. The van der Waals surface area contributed by atoms with Crippen molar-refractivity contribution in [1.29, 1.82) is 0 Å². The second-order valence-corrected chi connectivity index (χ2v) is 13.9. The maximum Gasteiger partial charge on any atom is 0.195 e. The molecule has 5 rings (SSSR count). The minimum Gasteiger partial charge on any atom is -0.441 e. The highest BCUT2D eigenvalue weighted by Crippen LogP contribution is 2.66. The first kappa shape index (κ1) is 33.2. The normalized spacial score (nSPS) is 35.3. The van der Waals surface area contributed by atoms with E-state index in [1.165, 1.54) is 64.2 Å². The molecule has 8 atom stereocenters. The van der Waals surface area contributed by atoms with Crippen LogP contribution >= 0.6 is 0 Å². The fourth-order valence-corrected chi connectivity index (χ4v) is 9.30. The van der Waals surface area contributed by atoms with Crippen LogP contribution in [-0.4, -0.2) is 4.98 Å². The monoisotopic (exact) mass is 528 g/mol. The van der Waals surface area contributed by atoms with Crippen LogP contribution in [0, 0.1) is 52.3 Å². The van der Waals surface area contributed by atoms with E-state index < -0.39 is 0 Å². The summed E-state index contributed by atoms with van der Waals surface area (Å²) in [4.78, 5) is 4.57. The summed E-state index contributed by atoms with van der Waals surface area (Å²) in [7, 11) is 0. The van der Waals surface area contributed by atoms with E-state index in [2.05, 4.69) is 53.1 Å². The molecule has 0 radical (unpaired) electrons. The van der Waals surface area contributed by atoms with Crippen molar-refractivity contribution in [3.63, 3.8) is 0 Å². The van der Waals surface area contributed by atoms with Crippen molar-refractivity contribution in [3.05, 3.63) is 24.4 Å². The smallest absolute Gasteiger partial charge is 0.195 e. The first-order chi connectivity index (χ1) is 18.1. The van der Waals surface area contributed by atoms with Crippen molar-refractivity contribution in [2.24, 2.45) is 52.3 Å². The summed E-state index contributed by atoms with van der Waals surface area (Å²) >= 11 is 0. The van der Waals surface area contributed by atoms with E-state index in [1.54, 1.807) is 0 Å². The van der Waals surface area contributed by atoms with Crippen LogP contribution in [0.3, 0.4) is 0 Å². The number of rotatable bonds is 4. The molecular weight excluding hydrogens is 462 g/mol. The van der Waals surface area contributed by atoms with Crippen LogP contribution in [0.25, 0.3) is 5.57 Å². The summed E-state index contributed by atoms with van der Waals surface area (Å²) in [5.41, 5.74) is 2.10. The molecule has 2 nitrogen and oxygen atoms in total. The molecule has 1 heterocycles. The molecule has 4 aliphatic carbocycles. The van der Waals surface area contributed by atoms with Gasteiger partial charge in [0.05, 0.1) is 6.20 Å². The van der Waals surface area contributed by atoms with E-state index in [1.807, 2.05) is 40.8 Å². The summed E-state index contributed by atoms with van der Waals surface area (Å²) in [5, 5.41) is 0. The van der Waals surface area contributed by atoms with E-state index in [0.717, 1.165) is 59.2 Å². The van der Waals surface area contributed by atoms with Crippen molar-refractivity contribution in [2.45, 2.75) is 147 Å². The average molecular weight is 528 g/mol. The lowest BCUT2D eigenvalue weighted by atomic mass is 9.48. The van der Waals surface area contributed by atoms with Gasteiger partial charge in [0, 0.05) is 6.42 Å². The average Bonchev–Trinajstić information content (AvgIpc) is 3.50. The maximum absolute atomic E-state index is 6.00. The van der Waals surface area contributed by atoms with Crippen molar-refractivity contribution < 1.29 is 4.42 Å². The highest BCUT2D eigenvalue weighted by Gasteiger charge is 2.58. The van der Waals surface area contributed by atoms with E-state index in [4.69, 9.17) is 4.42 Å². The van der Waals surface area contributed by atoms with Gasteiger partial charge in [0.2, 0.25) is 0 Å². The SMILES string of the molecule is C=C(C)c1cnc(CC(C)C2CCC3C4CCC5CC(C)(C)CCC5C4CCC23C)o1.CC.CC.CCC. The lowest BCUT2D eigenvalue weighted by molar-refractivity contribution is -0.0809. The Morgan fingerprint density at radius 1 is 0.947 bits per heavy atom. The fraction of sp³-hybridized carbons (Fsp3) is 0.861. The third-order valence-electron chi connectivity index (χ3n) is 10.7. The minimum absolute atomic E-state index is 0.533. The molecule has 0 bridgehead atoms. The molecular formula is C36H65NO. The Labute approximate surface area is 238 Å². The molecule has 8 unspecified atom stereocenters. The molecule has 1 aromatic heterocycles. The number of aromatic nitrogens is 1. The number of hydrogen-bond donors (Lipinski definition) is 0. The summed E-state index contributed by atoms with van der Waals surface area (Å²) in [6, 6.07) is 0. The van der Waals surface area contributed by atoms with Crippen LogP contribution in [0.2, 0.25) is 0 Å². The fourth-order valence-electron chi connectivity index (χ4n) is 9.30. The molecule has 220 valence electrons. The van der Waals surface area contributed by atoms with Gasteiger partial charge in [0.15, 0.2) is 5.89 Å². The number of allylic oxidation sites excluding steroid dienone is 1. The third-order valence-corrected chi connectivity index (χ3v) is 10.7. The number of nitrogens with zero attached hydrogens (tertiary/aromatic N) is 1. The molecule has 0 amide bonds. The maximum atomic E-state index is 6.00. The Balaban J connectivity index is 0.000000665. The highest BCUT2D eigenvalue weighted by molar-refractivity contribution is 5.55. The Bertz CT molecular complexity index is 836. The van der Waals surface area contributed by atoms with Gasteiger partial charge in [-0.25, -0.2) is 4.98 Å². The lowest BCUT2D eigenvalue weighted by Crippen LogP contribution is -2.49. The van der Waals surface area contributed by atoms with Gasteiger partial charge in [-0.1, -0.05) is 82.2 Å². The molecule has 0 N–H and O–H groups in total. The zero-order valence-corrected chi connectivity index (χ0v) is 27.5. The lowest BCUT2D eigenvalue weighted by Gasteiger charge is -2.57. The van der Waals surface area contributed by atoms with Gasteiger partial charge < -0.3 is 4.42 Å². The summed E-state index contributed by atoms with van der Waals surface area (Å²) in [6.45, 7) is 28.4. The van der Waals surface area contributed by atoms with Gasteiger partial charge in [0.25, 0.3) is 0 Å². The standard InChI is InChI=1S/C29H45NO.C3H8.2C2H6/c1-18(2)26-17-30-27(31-26)15-19(3)24-9-10-25-23-8-7-20-16-28(4,5)13-11-21(20)22(23)12-14-29(24,25)6;1-3-2;2*1-2/h17,19-25H,1,7-16H2,2-6H3;3H2,1-2H3;2*1-2H3. The van der Waals surface area contributed by atoms with Crippen LogP contribution in [0.4, 0.5) is 0 Å². The zero-order valence-electron chi connectivity index (χ0n) is 27.5. The molecule has 4 saturated carbocycles. The van der Waals surface area contributed by atoms with Gasteiger partial charge in [-0.15, -0.1) is 0 Å².